The fourth-order valence-electron chi connectivity index (χ4n) is 4.48. The molecule has 1 N–H and O–H groups in total. The topological polar surface area (TPSA) is 63.7 Å². The summed E-state index contributed by atoms with van der Waals surface area (Å²) in [6, 6.07) is 16.2. The fourth-order valence-corrected chi connectivity index (χ4v) is 4.87. The number of hydrogen-bond donors (Lipinski definition) is 1. The lowest BCUT2D eigenvalue weighted by Gasteiger charge is -2.23. The van der Waals surface area contributed by atoms with E-state index in [0.29, 0.717) is 29.8 Å². The van der Waals surface area contributed by atoms with Gasteiger partial charge in [-0.05, 0) is 53.4 Å². The number of aromatic nitrogens is 1. The van der Waals surface area contributed by atoms with Crippen LogP contribution >= 0.6 is 11.9 Å². The first kappa shape index (κ1) is 23.9. The highest BCUT2D eigenvalue weighted by molar-refractivity contribution is 7.99. The van der Waals surface area contributed by atoms with Gasteiger partial charge in [-0.2, -0.15) is 0 Å². The van der Waals surface area contributed by atoms with Gasteiger partial charge < -0.3 is 19.1 Å². The van der Waals surface area contributed by atoms with Crippen molar-refractivity contribution in [3.05, 3.63) is 94.4 Å². The third-order valence-corrected chi connectivity index (χ3v) is 7.06. The van der Waals surface area contributed by atoms with Gasteiger partial charge in [0.05, 0.1) is 18.4 Å². The Morgan fingerprint density at radius 3 is 2.50 bits per heavy atom. The van der Waals surface area contributed by atoms with E-state index in [9.17, 15) is 9.18 Å². The van der Waals surface area contributed by atoms with E-state index in [0.717, 1.165) is 39.1 Å². The van der Waals surface area contributed by atoms with Gasteiger partial charge in [0.15, 0.2) is 5.75 Å². The molecule has 0 radical (unpaired) electrons. The first-order chi connectivity index (χ1) is 17.5. The molecule has 5 rings (SSSR count). The number of methoxy groups -OCH3 is 1. The zero-order valence-electron chi connectivity index (χ0n) is 20.3. The van der Waals surface area contributed by atoms with E-state index < -0.39 is 0 Å². The third kappa shape index (κ3) is 4.56. The highest BCUT2D eigenvalue weighted by Gasteiger charge is 2.32. The molecule has 6 nitrogen and oxygen atoms in total. The van der Waals surface area contributed by atoms with Crippen molar-refractivity contribution >= 4 is 34.4 Å². The Labute approximate surface area is 213 Å². The minimum absolute atomic E-state index is 0.162. The number of anilines is 1. The van der Waals surface area contributed by atoms with E-state index >= 15 is 0 Å². The van der Waals surface area contributed by atoms with Gasteiger partial charge in [-0.15, -0.1) is 0 Å². The molecule has 0 saturated heterocycles. The van der Waals surface area contributed by atoms with Crippen LogP contribution in [-0.4, -0.2) is 31.3 Å². The van der Waals surface area contributed by atoms with Crippen LogP contribution < -0.4 is 19.1 Å². The number of nitrogens with zero attached hydrogens (tertiary/aromatic N) is 2. The summed E-state index contributed by atoms with van der Waals surface area (Å²) in [5.74, 6) is 0.830. The van der Waals surface area contributed by atoms with Crippen LogP contribution in [0.15, 0.2) is 60.8 Å². The second-order valence-electron chi connectivity index (χ2n) is 8.57. The van der Waals surface area contributed by atoms with Gasteiger partial charge in [-0.25, -0.2) is 4.39 Å². The molecule has 0 aliphatic carbocycles. The number of pyridine rings is 1. The predicted octanol–water partition coefficient (Wildman–Crippen LogP) is 5.51. The van der Waals surface area contributed by atoms with Crippen LogP contribution in [0, 0.1) is 5.82 Å². The van der Waals surface area contributed by atoms with Crippen LogP contribution in [0.5, 0.6) is 11.5 Å². The minimum Gasteiger partial charge on any atom is -0.497 e. The van der Waals surface area contributed by atoms with Crippen molar-refractivity contribution in [2.75, 3.05) is 24.7 Å². The van der Waals surface area contributed by atoms with E-state index in [-0.39, 0.29) is 18.3 Å². The van der Waals surface area contributed by atoms with Gasteiger partial charge in [0, 0.05) is 37.0 Å². The summed E-state index contributed by atoms with van der Waals surface area (Å²) in [6.45, 7) is 0.709. The number of rotatable bonds is 8. The summed E-state index contributed by atoms with van der Waals surface area (Å²) >= 11 is 1.56. The molecular weight excluding hydrogens is 477 g/mol. The van der Waals surface area contributed by atoms with E-state index in [1.54, 1.807) is 37.4 Å². The van der Waals surface area contributed by atoms with Crippen LogP contribution in [0.2, 0.25) is 0 Å². The standard InChI is InChI=1S/C28H26FN3O3S/c1-32(36-3)26-22-13-19(12-17-4-8-20(29)9-5-17)14-30-25(22)27(24-23(26)15-31-28(24)33)35-16-18-6-10-21(34-2)11-7-18/h4-11,13-14H,12,15-16H2,1-3H3,(H,31,33). The quantitative estimate of drug-likeness (QED) is 0.320. The van der Waals surface area contributed by atoms with Gasteiger partial charge >= 0.3 is 0 Å². The van der Waals surface area contributed by atoms with Crippen molar-refractivity contribution in [1.82, 2.24) is 10.3 Å². The number of nitrogens with one attached hydrogen (secondary N) is 1. The number of ether oxygens (including phenoxy) is 2. The first-order valence-corrected chi connectivity index (χ1v) is 12.7. The second kappa shape index (κ2) is 10.1. The Hall–Kier alpha value is -3.78. The molecule has 0 bridgehead atoms. The van der Waals surface area contributed by atoms with Crippen LogP contribution in [0.3, 0.4) is 0 Å². The van der Waals surface area contributed by atoms with Crippen molar-refractivity contribution < 1.29 is 18.7 Å². The number of halogens is 1. The van der Waals surface area contributed by atoms with E-state index in [1.807, 2.05) is 37.6 Å². The Balaban J connectivity index is 1.61. The summed E-state index contributed by atoms with van der Waals surface area (Å²) in [5.41, 5.74) is 5.94. The lowest BCUT2D eigenvalue weighted by molar-refractivity contribution is 0.0962. The van der Waals surface area contributed by atoms with E-state index in [4.69, 9.17) is 14.5 Å². The molecule has 2 heterocycles. The summed E-state index contributed by atoms with van der Waals surface area (Å²) in [7, 11) is 3.61. The Bertz CT molecular complexity index is 1430. The molecule has 0 fully saturated rings. The number of amides is 1. The number of benzene rings is 3. The molecule has 1 aliphatic rings. The average molecular weight is 504 g/mol. The van der Waals surface area contributed by atoms with Gasteiger partial charge in [0.1, 0.15) is 23.7 Å². The van der Waals surface area contributed by atoms with Gasteiger partial charge in [0.25, 0.3) is 5.91 Å². The number of hydrogen-bond acceptors (Lipinski definition) is 6. The molecule has 0 spiro atoms. The molecule has 8 heteroatoms. The molecule has 1 aliphatic heterocycles. The fraction of sp³-hybridized carbons (Fsp3) is 0.214. The largest absolute Gasteiger partial charge is 0.497 e. The van der Waals surface area contributed by atoms with Crippen LogP contribution in [0.1, 0.15) is 32.6 Å². The summed E-state index contributed by atoms with van der Waals surface area (Å²) < 4.78 is 27.0. The summed E-state index contributed by atoms with van der Waals surface area (Å²) in [6.07, 6.45) is 4.41. The Morgan fingerprint density at radius 1 is 1.08 bits per heavy atom. The van der Waals surface area contributed by atoms with Crippen molar-refractivity contribution in [2.45, 2.75) is 19.6 Å². The van der Waals surface area contributed by atoms with Gasteiger partial charge in [0.2, 0.25) is 0 Å². The third-order valence-electron chi connectivity index (χ3n) is 6.33. The monoisotopic (exact) mass is 503 g/mol. The summed E-state index contributed by atoms with van der Waals surface area (Å²) in [4.78, 5) is 17.7. The van der Waals surface area contributed by atoms with Crippen molar-refractivity contribution in [1.29, 1.82) is 0 Å². The van der Waals surface area contributed by atoms with Crippen molar-refractivity contribution in [3.8, 4) is 11.5 Å². The first-order valence-electron chi connectivity index (χ1n) is 11.5. The second-order valence-corrected chi connectivity index (χ2v) is 9.49. The number of fused-ring (bicyclic) bond motifs is 2. The highest BCUT2D eigenvalue weighted by atomic mass is 32.2. The maximum Gasteiger partial charge on any atom is 0.255 e. The van der Waals surface area contributed by atoms with E-state index in [1.165, 1.54) is 12.1 Å². The zero-order valence-corrected chi connectivity index (χ0v) is 21.1. The number of carbonyl (C=O) groups excluding carboxylic acids is 1. The van der Waals surface area contributed by atoms with Crippen LogP contribution in [-0.2, 0) is 19.6 Å². The van der Waals surface area contributed by atoms with Crippen LogP contribution in [0.4, 0.5) is 10.1 Å². The van der Waals surface area contributed by atoms with E-state index in [2.05, 4.69) is 15.7 Å². The minimum atomic E-state index is -0.259. The molecule has 1 aromatic heterocycles. The van der Waals surface area contributed by atoms with Crippen LogP contribution in [0.25, 0.3) is 10.9 Å². The van der Waals surface area contributed by atoms with Gasteiger partial charge in [-0.1, -0.05) is 36.2 Å². The maximum atomic E-state index is 13.4. The normalized spacial score (nSPS) is 12.4. The van der Waals surface area contributed by atoms with Gasteiger partial charge in [-0.3, -0.25) is 9.78 Å². The SMILES string of the molecule is COc1ccc(COc2c3c(c(N(C)SC)c4cc(Cc5ccc(F)cc5)cnc24)CNC3=O)cc1. The maximum absolute atomic E-state index is 13.4. The predicted molar refractivity (Wildman–Crippen MR) is 141 cm³/mol. The highest BCUT2D eigenvalue weighted by Crippen LogP contribution is 2.44. The Kier molecular flexibility index (Phi) is 6.69. The Morgan fingerprint density at radius 2 is 1.81 bits per heavy atom. The smallest absolute Gasteiger partial charge is 0.255 e. The molecular formula is C28H26FN3O3S. The molecule has 3 aromatic carbocycles. The summed E-state index contributed by atoms with van der Waals surface area (Å²) in [5, 5.41) is 3.87. The average Bonchev–Trinajstić information content (AvgIpc) is 3.28. The lowest BCUT2D eigenvalue weighted by Crippen LogP contribution is -2.13. The molecule has 36 heavy (non-hydrogen) atoms. The zero-order chi connectivity index (χ0) is 25.2. The lowest BCUT2D eigenvalue weighted by atomic mass is 9.98. The molecule has 0 unspecified atom stereocenters. The molecule has 0 saturated carbocycles. The molecule has 0 atom stereocenters. The molecule has 4 aromatic rings. The van der Waals surface area contributed by atoms with Crippen molar-refractivity contribution in [2.24, 2.45) is 0 Å². The molecule has 184 valence electrons. The molecule has 1 amide bonds. The number of carbonyl (C=O) groups is 1. The van der Waals surface area contributed by atoms with Crippen molar-refractivity contribution in [3.63, 3.8) is 0 Å².